The molecule has 2 heterocycles. The highest BCUT2D eigenvalue weighted by Gasteiger charge is 2.33. The highest BCUT2D eigenvalue weighted by Crippen LogP contribution is 2.27. The van der Waals surface area contributed by atoms with Crippen LogP contribution in [-0.4, -0.2) is 47.9 Å². The maximum absolute atomic E-state index is 12.8. The molecule has 0 bridgehead atoms. The number of hydrogen-bond donors (Lipinski definition) is 2. The van der Waals surface area contributed by atoms with Gasteiger partial charge in [0.1, 0.15) is 10.9 Å². The van der Waals surface area contributed by atoms with Crippen molar-refractivity contribution in [3.63, 3.8) is 0 Å². The lowest BCUT2D eigenvalue weighted by atomic mass is 10.0. The highest BCUT2D eigenvalue weighted by molar-refractivity contribution is 7.17. The molecule has 0 unspecified atom stereocenters. The first-order valence-electron chi connectivity index (χ1n) is 7.32. The molecule has 7 heteroatoms. The van der Waals surface area contributed by atoms with Crippen molar-refractivity contribution < 1.29 is 9.59 Å². The first-order valence-corrected chi connectivity index (χ1v) is 8.14. The van der Waals surface area contributed by atoms with Gasteiger partial charge in [0.15, 0.2) is 5.13 Å². The minimum absolute atomic E-state index is 0.0811. The number of carbonyl (C=O) groups excluding carboxylic acids is 2. The summed E-state index contributed by atoms with van der Waals surface area (Å²) in [5, 5.41) is 6.54. The van der Waals surface area contributed by atoms with Crippen molar-refractivity contribution in [2.75, 3.05) is 25.5 Å². The fourth-order valence-corrected chi connectivity index (χ4v) is 3.56. The number of likely N-dealkylation sites (N-methyl/N-ethyl adjacent to an activating group) is 1. The van der Waals surface area contributed by atoms with E-state index in [0.29, 0.717) is 11.4 Å². The van der Waals surface area contributed by atoms with Gasteiger partial charge < -0.3 is 15.5 Å². The quantitative estimate of drug-likeness (QED) is 0.886. The average molecular weight is 310 g/mol. The Labute approximate surface area is 128 Å². The summed E-state index contributed by atoms with van der Waals surface area (Å²) in [4.78, 5) is 31.4. The second-order valence-corrected chi connectivity index (χ2v) is 6.09. The van der Waals surface area contributed by atoms with Crippen LogP contribution < -0.4 is 10.6 Å². The summed E-state index contributed by atoms with van der Waals surface area (Å²) in [6.07, 6.45) is 2.65. The maximum Gasteiger partial charge on any atom is 0.266 e. The number of thiazole rings is 1. The number of carbonyl (C=O) groups is 2. The Bertz CT molecular complexity index is 529. The fourth-order valence-electron chi connectivity index (χ4n) is 2.57. The van der Waals surface area contributed by atoms with Crippen LogP contribution in [0.5, 0.6) is 0 Å². The van der Waals surface area contributed by atoms with Crippen LogP contribution in [0.4, 0.5) is 5.13 Å². The Kier molecular flexibility index (Phi) is 5.17. The molecule has 1 saturated heterocycles. The molecule has 1 aliphatic rings. The van der Waals surface area contributed by atoms with E-state index >= 15 is 0 Å². The molecule has 1 fully saturated rings. The van der Waals surface area contributed by atoms with Gasteiger partial charge in [0.2, 0.25) is 5.91 Å². The second-order valence-electron chi connectivity index (χ2n) is 5.09. The molecule has 116 valence electrons. The lowest BCUT2D eigenvalue weighted by Gasteiger charge is -2.34. The van der Waals surface area contributed by atoms with Gasteiger partial charge in [-0.2, -0.15) is 0 Å². The van der Waals surface area contributed by atoms with Gasteiger partial charge in [-0.3, -0.25) is 9.59 Å². The van der Waals surface area contributed by atoms with Gasteiger partial charge in [-0.25, -0.2) is 4.98 Å². The molecule has 2 rings (SSSR count). The van der Waals surface area contributed by atoms with Crippen molar-refractivity contribution in [1.82, 2.24) is 15.2 Å². The van der Waals surface area contributed by atoms with Gasteiger partial charge in [-0.1, -0.05) is 11.3 Å². The number of aryl methyl sites for hydroxylation is 1. The van der Waals surface area contributed by atoms with Gasteiger partial charge in [-0.15, -0.1) is 0 Å². The molecule has 6 nitrogen and oxygen atoms in total. The monoisotopic (exact) mass is 310 g/mol. The summed E-state index contributed by atoms with van der Waals surface area (Å²) >= 11 is 1.36. The number of likely N-dealkylation sites (tertiary alicyclic amines) is 1. The maximum atomic E-state index is 12.8. The van der Waals surface area contributed by atoms with E-state index in [2.05, 4.69) is 15.6 Å². The molecule has 2 amide bonds. The minimum atomic E-state index is -0.361. The molecule has 0 aromatic carbocycles. The Balaban J connectivity index is 2.22. The van der Waals surface area contributed by atoms with Crippen molar-refractivity contribution in [2.45, 2.75) is 39.2 Å². The Morgan fingerprint density at radius 3 is 2.86 bits per heavy atom. The van der Waals surface area contributed by atoms with Crippen molar-refractivity contribution in [2.24, 2.45) is 0 Å². The van der Waals surface area contributed by atoms with Gasteiger partial charge in [0, 0.05) is 20.1 Å². The predicted octanol–water partition coefficient (Wildman–Crippen LogP) is 1.62. The molecule has 1 atom stereocenters. The Morgan fingerprint density at radius 2 is 2.19 bits per heavy atom. The standard InChI is InChI=1S/C14H22N4O2S/c1-4-16-14-17-9(2)11(21-14)13(20)18-8-6-5-7-10(18)12(19)15-3/h10H,4-8H2,1-3H3,(H,15,19)(H,16,17)/t10-/m1/s1. The van der Waals surface area contributed by atoms with E-state index in [9.17, 15) is 9.59 Å². The third-order valence-electron chi connectivity index (χ3n) is 3.63. The summed E-state index contributed by atoms with van der Waals surface area (Å²) in [6, 6.07) is -0.361. The van der Waals surface area contributed by atoms with Gasteiger partial charge in [-0.05, 0) is 33.1 Å². The molecule has 0 spiro atoms. The number of anilines is 1. The smallest absolute Gasteiger partial charge is 0.266 e. The van der Waals surface area contributed by atoms with Gasteiger partial charge in [0.25, 0.3) is 5.91 Å². The third-order valence-corrected chi connectivity index (χ3v) is 4.73. The van der Waals surface area contributed by atoms with Crippen LogP contribution in [0, 0.1) is 6.92 Å². The van der Waals surface area contributed by atoms with Crippen molar-refractivity contribution in [3.05, 3.63) is 10.6 Å². The van der Waals surface area contributed by atoms with E-state index in [0.717, 1.165) is 36.6 Å². The van der Waals surface area contributed by atoms with Crippen LogP contribution in [0.3, 0.4) is 0 Å². The second kappa shape index (κ2) is 6.89. The van der Waals surface area contributed by atoms with E-state index < -0.39 is 0 Å². The number of rotatable bonds is 4. The van der Waals surface area contributed by atoms with E-state index in [4.69, 9.17) is 0 Å². The normalized spacial score (nSPS) is 18.4. The molecule has 1 aromatic heterocycles. The summed E-state index contributed by atoms with van der Waals surface area (Å²) < 4.78 is 0. The number of hydrogen-bond acceptors (Lipinski definition) is 5. The number of nitrogens with one attached hydrogen (secondary N) is 2. The molecule has 1 aromatic rings. The largest absolute Gasteiger partial charge is 0.362 e. The number of piperidine rings is 1. The molecule has 0 radical (unpaired) electrons. The van der Waals surface area contributed by atoms with Crippen LogP contribution in [0.15, 0.2) is 0 Å². The molecule has 2 N–H and O–H groups in total. The zero-order valence-corrected chi connectivity index (χ0v) is 13.5. The third kappa shape index (κ3) is 3.34. The molecular formula is C14H22N4O2S. The number of amides is 2. The van der Waals surface area contributed by atoms with E-state index in [1.54, 1.807) is 11.9 Å². The topological polar surface area (TPSA) is 74.3 Å². The first-order chi connectivity index (χ1) is 10.1. The number of nitrogens with zero attached hydrogens (tertiary/aromatic N) is 2. The lowest BCUT2D eigenvalue weighted by Crippen LogP contribution is -2.51. The van der Waals surface area contributed by atoms with Crippen LogP contribution in [0.2, 0.25) is 0 Å². The first kappa shape index (κ1) is 15.8. The molecule has 0 aliphatic carbocycles. The zero-order chi connectivity index (χ0) is 15.4. The zero-order valence-electron chi connectivity index (χ0n) is 12.7. The van der Waals surface area contributed by atoms with Crippen LogP contribution >= 0.6 is 11.3 Å². The lowest BCUT2D eigenvalue weighted by molar-refractivity contribution is -0.126. The molecule has 21 heavy (non-hydrogen) atoms. The van der Waals surface area contributed by atoms with Gasteiger partial charge in [0.05, 0.1) is 5.69 Å². The van der Waals surface area contributed by atoms with Gasteiger partial charge >= 0.3 is 0 Å². The predicted molar refractivity (Wildman–Crippen MR) is 83.8 cm³/mol. The van der Waals surface area contributed by atoms with Crippen molar-refractivity contribution >= 4 is 28.3 Å². The fraction of sp³-hybridized carbons (Fsp3) is 0.643. The average Bonchev–Trinajstić information content (AvgIpc) is 2.86. The SMILES string of the molecule is CCNc1nc(C)c(C(=O)N2CCCC[C@@H]2C(=O)NC)s1. The van der Waals surface area contributed by atoms with E-state index in [-0.39, 0.29) is 17.9 Å². The summed E-state index contributed by atoms with van der Waals surface area (Å²) in [6.45, 7) is 5.23. The highest BCUT2D eigenvalue weighted by atomic mass is 32.1. The van der Waals surface area contributed by atoms with E-state index in [1.165, 1.54) is 11.3 Å². The molecular weight excluding hydrogens is 288 g/mol. The van der Waals surface area contributed by atoms with E-state index in [1.807, 2.05) is 13.8 Å². The van der Waals surface area contributed by atoms with Crippen molar-refractivity contribution in [3.8, 4) is 0 Å². The number of aromatic nitrogens is 1. The van der Waals surface area contributed by atoms with Crippen LogP contribution in [0.25, 0.3) is 0 Å². The summed E-state index contributed by atoms with van der Waals surface area (Å²) in [5.74, 6) is -0.167. The molecule has 0 saturated carbocycles. The van der Waals surface area contributed by atoms with Crippen molar-refractivity contribution in [1.29, 1.82) is 0 Å². The summed E-state index contributed by atoms with van der Waals surface area (Å²) in [7, 11) is 1.61. The minimum Gasteiger partial charge on any atom is -0.362 e. The van der Waals surface area contributed by atoms with Crippen LogP contribution in [-0.2, 0) is 4.79 Å². The molecule has 1 aliphatic heterocycles. The Morgan fingerprint density at radius 1 is 1.43 bits per heavy atom. The summed E-state index contributed by atoms with van der Waals surface area (Å²) in [5.41, 5.74) is 0.724. The van der Waals surface area contributed by atoms with Crippen LogP contribution in [0.1, 0.15) is 41.6 Å². The Hall–Kier alpha value is -1.63.